The Hall–Kier alpha value is -1.06. The first-order valence-electron chi connectivity index (χ1n) is 4.46. The number of nitrogens with one attached hydrogen (secondary N) is 1. The maximum atomic E-state index is 13.3. The lowest BCUT2D eigenvalue weighted by Crippen LogP contribution is -2.00. The zero-order chi connectivity index (χ0) is 10.7. The first-order chi connectivity index (χ1) is 7.27. The third-order valence-corrected chi connectivity index (χ3v) is 3.06. The summed E-state index contributed by atoms with van der Waals surface area (Å²) in [6.07, 6.45) is 0. The molecular formula is C11H9ClFNS. The highest BCUT2D eigenvalue weighted by Crippen LogP contribution is 2.25. The van der Waals surface area contributed by atoms with E-state index in [4.69, 9.17) is 11.6 Å². The first-order valence-corrected chi connectivity index (χ1v) is 5.78. The van der Waals surface area contributed by atoms with E-state index in [1.807, 2.05) is 16.8 Å². The second-order valence-corrected chi connectivity index (χ2v) is 4.27. The van der Waals surface area contributed by atoms with Gasteiger partial charge in [0.25, 0.3) is 0 Å². The summed E-state index contributed by atoms with van der Waals surface area (Å²) in [6.45, 7) is 0.587. The van der Waals surface area contributed by atoms with Gasteiger partial charge in [-0.2, -0.15) is 11.3 Å². The van der Waals surface area contributed by atoms with E-state index in [1.165, 1.54) is 6.07 Å². The number of hydrogen-bond acceptors (Lipinski definition) is 2. The summed E-state index contributed by atoms with van der Waals surface area (Å²) in [5.41, 5.74) is 1.49. The molecule has 2 rings (SSSR count). The van der Waals surface area contributed by atoms with Crippen LogP contribution in [0.4, 0.5) is 10.1 Å². The summed E-state index contributed by atoms with van der Waals surface area (Å²) in [4.78, 5) is 0. The average Bonchev–Trinajstić information content (AvgIpc) is 2.70. The van der Waals surface area contributed by atoms with E-state index in [0.717, 1.165) is 5.56 Å². The summed E-state index contributed by atoms with van der Waals surface area (Å²) < 4.78 is 13.3. The maximum absolute atomic E-state index is 13.3. The topological polar surface area (TPSA) is 12.0 Å². The fraction of sp³-hybridized carbons (Fsp3) is 0.0909. The second kappa shape index (κ2) is 4.64. The van der Waals surface area contributed by atoms with Gasteiger partial charge in [0.05, 0.1) is 10.7 Å². The van der Waals surface area contributed by atoms with Gasteiger partial charge in [0.2, 0.25) is 0 Å². The number of thiophene rings is 1. The molecule has 0 spiro atoms. The summed E-state index contributed by atoms with van der Waals surface area (Å²) >= 11 is 7.49. The quantitative estimate of drug-likeness (QED) is 0.851. The van der Waals surface area contributed by atoms with Gasteiger partial charge in [-0.15, -0.1) is 0 Å². The van der Waals surface area contributed by atoms with Crippen molar-refractivity contribution in [3.8, 4) is 0 Å². The lowest BCUT2D eigenvalue weighted by molar-refractivity contribution is 0.630. The van der Waals surface area contributed by atoms with Crippen LogP contribution >= 0.6 is 22.9 Å². The highest BCUT2D eigenvalue weighted by molar-refractivity contribution is 7.07. The third-order valence-electron chi connectivity index (χ3n) is 2.01. The normalized spacial score (nSPS) is 10.3. The fourth-order valence-electron chi connectivity index (χ4n) is 1.25. The molecule has 1 aromatic heterocycles. The molecule has 4 heteroatoms. The summed E-state index contributed by atoms with van der Waals surface area (Å²) in [7, 11) is 0. The van der Waals surface area contributed by atoms with Crippen LogP contribution in [0.1, 0.15) is 5.56 Å². The number of hydrogen-bond donors (Lipinski definition) is 1. The molecule has 1 aromatic carbocycles. The molecule has 78 valence electrons. The van der Waals surface area contributed by atoms with E-state index < -0.39 is 0 Å². The molecule has 2 aromatic rings. The highest BCUT2D eigenvalue weighted by Gasteiger charge is 2.05. The van der Waals surface area contributed by atoms with Gasteiger partial charge in [-0.1, -0.05) is 17.7 Å². The SMILES string of the molecule is Fc1cccc(Cl)c1NCc1ccsc1. The van der Waals surface area contributed by atoms with Crippen molar-refractivity contribution < 1.29 is 4.39 Å². The standard InChI is InChI=1S/C11H9ClFNS/c12-9-2-1-3-10(13)11(9)14-6-8-4-5-15-7-8/h1-5,7,14H,6H2. The molecule has 0 saturated heterocycles. The van der Waals surface area contributed by atoms with Crippen LogP contribution in [0.3, 0.4) is 0 Å². The fourth-order valence-corrected chi connectivity index (χ4v) is 2.15. The van der Waals surface area contributed by atoms with Crippen LogP contribution < -0.4 is 5.32 Å². The molecule has 0 saturated carbocycles. The molecule has 0 atom stereocenters. The minimum absolute atomic E-state index is 0.322. The lowest BCUT2D eigenvalue weighted by Gasteiger charge is -2.07. The van der Waals surface area contributed by atoms with Crippen molar-refractivity contribution in [2.24, 2.45) is 0 Å². The number of benzene rings is 1. The second-order valence-electron chi connectivity index (χ2n) is 3.08. The average molecular weight is 242 g/mol. The number of halogens is 2. The highest BCUT2D eigenvalue weighted by atomic mass is 35.5. The number of rotatable bonds is 3. The van der Waals surface area contributed by atoms with Crippen molar-refractivity contribution in [3.05, 3.63) is 51.4 Å². The molecule has 0 aliphatic rings. The van der Waals surface area contributed by atoms with Crippen molar-refractivity contribution in [2.45, 2.75) is 6.54 Å². The molecule has 0 unspecified atom stereocenters. The molecular weight excluding hydrogens is 233 g/mol. The van der Waals surface area contributed by atoms with Gasteiger partial charge in [-0.05, 0) is 34.5 Å². The van der Waals surface area contributed by atoms with Crippen LogP contribution in [0.2, 0.25) is 5.02 Å². The van der Waals surface area contributed by atoms with Crippen LogP contribution in [-0.2, 0) is 6.54 Å². The molecule has 0 aliphatic heterocycles. The molecule has 15 heavy (non-hydrogen) atoms. The van der Waals surface area contributed by atoms with Gasteiger partial charge in [-0.25, -0.2) is 4.39 Å². The molecule has 0 amide bonds. The van der Waals surface area contributed by atoms with E-state index in [-0.39, 0.29) is 5.82 Å². The Morgan fingerprint density at radius 3 is 2.87 bits per heavy atom. The van der Waals surface area contributed by atoms with Crippen molar-refractivity contribution in [1.29, 1.82) is 0 Å². The molecule has 1 nitrogen and oxygen atoms in total. The van der Waals surface area contributed by atoms with Crippen molar-refractivity contribution >= 4 is 28.6 Å². The lowest BCUT2D eigenvalue weighted by atomic mass is 10.3. The number of anilines is 1. The van der Waals surface area contributed by atoms with E-state index in [1.54, 1.807) is 23.5 Å². The molecule has 1 heterocycles. The predicted molar refractivity (Wildman–Crippen MR) is 63.1 cm³/mol. The smallest absolute Gasteiger partial charge is 0.147 e. The largest absolute Gasteiger partial charge is 0.377 e. The Balaban J connectivity index is 2.11. The monoisotopic (exact) mass is 241 g/mol. The number of para-hydroxylation sites is 1. The van der Waals surface area contributed by atoms with E-state index in [2.05, 4.69) is 5.32 Å². The molecule has 0 radical (unpaired) electrons. The molecule has 0 bridgehead atoms. The van der Waals surface area contributed by atoms with Gasteiger partial charge >= 0.3 is 0 Å². The van der Waals surface area contributed by atoms with E-state index >= 15 is 0 Å². The third kappa shape index (κ3) is 2.49. The van der Waals surface area contributed by atoms with Gasteiger partial charge in [0.1, 0.15) is 5.82 Å². The summed E-state index contributed by atoms with van der Waals surface area (Å²) in [6, 6.07) is 6.64. The predicted octanol–water partition coefficient (Wildman–Crippen LogP) is 4.15. The summed E-state index contributed by atoms with van der Waals surface area (Å²) in [5, 5.41) is 7.39. The molecule has 0 fully saturated rings. The maximum Gasteiger partial charge on any atom is 0.147 e. The minimum atomic E-state index is -0.322. The van der Waals surface area contributed by atoms with Crippen LogP contribution in [0.25, 0.3) is 0 Å². The van der Waals surface area contributed by atoms with Crippen molar-refractivity contribution in [3.63, 3.8) is 0 Å². The van der Waals surface area contributed by atoms with Crippen LogP contribution in [0.5, 0.6) is 0 Å². The molecule has 1 N–H and O–H groups in total. The van der Waals surface area contributed by atoms with E-state index in [0.29, 0.717) is 17.3 Å². The van der Waals surface area contributed by atoms with Crippen molar-refractivity contribution in [2.75, 3.05) is 5.32 Å². The Morgan fingerprint density at radius 1 is 1.33 bits per heavy atom. The van der Waals surface area contributed by atoms with Crippen LogP contribution in [0, 0.1) is 5.82 Å². The Morgan fingerprint density at radius 2 is 2.20 bits per heavy atom. The van der Waals surface area contributed by atoms with Crippen molar-refractivity contribution in [1.82, 2.24) is 0 Å². The Labute approximate surface area is 96.5 Å². The van der Waals surface area contributed by atoms with Crippen LogP contribution in [-0.4, -0.2) is 0 Å². The Bertz CT molecular complexity index is 422. The van der Waals surface area contributed by atoms with Gasteiger partial charge < -0.3 is 5.32 Å². The Kier molecular flexibility index (Phi) is 3.23. The van der Waals surface area contributed by atoms with Gasteiger partial charge in [0.15, 0.2) is 0 Å². The molecule has 0 aliphatic carbocycles. The van der Waals surface area contributed by atoms with Crippen LogP contribution in [0.15, 0.2) is 35.0 Å². The summed E-state index contributed by atoms with van der Waals surface area (Å²) in [5.74, 6) is -0.322. The first kappa shape index (κ1) is 10.5. The zero-order valence-electron chi connectivity index (χ0n) is 7.84. The van der Waals surface area contributed by atoms with Gasteiger partial charge in [0, 0.05) is 6.54 Å². The van der Waals surface area contributed by atoms with Gasteiger partial charge in [-0.3, -0.25) is 0 Å². The zero-order valence-corrected chi connectivity index (χ0v) is 9.41. The minimum Gasteiger partial charge on any atom is -0.377 e. The van der Waals surface area contributed by atoms with E-state index in [9.17, 15) is 4.39 Å².